The average molecular weight is 785 g/mol. The maximum atomic E-state index is 9.70. The number of nitrogens with one attached hydrogen (secondary N) is 2. The number of hydrogen-bond donors (Lipinski definition) is 2. The number of hydrogen-bond acceptors (Lipinski definition) is 2. The van der Waals surface area contributed by atoms with Gasteiger partial charge in [-0.15, -0.1) is 0 Å². The van der Waals surface area contributed by atoms with Crippen LogP contribution in [0.2, 0.25) is 0 Å². The molecule has 2 amide bonds. The minimum absolute atomic E-state index is 0.00463. The van der Waals surface area contributed by atoms with Crippen molar-refractivity contribution in [2.75, 3.05) is 14.1 Å². The van der Waals surface area contributed by atoms with Gasteiger partial charge < -0.3 is 10.6 Å². The van der Waals surface area contributed by atoms with Gasteiger partial charge in [0.15, 0.2) is 0 Å². The summed E-state index contributed by atoms with van der Waals surface area (Å²) in [4.78, 5) is 19.4. The molecule has 0 bridgehead atoms. The van der Waals surface area contributed by atoms with Gasteiger partial charge in [0.25, 0.3) is 0 Å². The molecule has 5 aromatic carbocycles. The predicted octanol–water partition coefficient (Wildman–Crippen LogP) is 15.3. The lowest BCUT2D eigenvalue weighted by Gasteiger charge is -2.00. The zero-order chi connectivity index (χ0) is 45.4. The smallest absolute Gasteiger partial charge is 0.216 e. The molecule has 0 saturated carbocycles. The zero-order valence-electron chi connectivity index (χ0n) is 39.9. The van der Waals surface area contributed by atoms with Crippen LogP contribution in [0.15, 0.2) is 158 Å². The number of rotatable bonds is 4. The van der Waals surface area contributed by atoms with Crippen molar-refractivity contribution in [1.82, 2.24) is 10.6 Å². The van der Waals surface area contributed by atoms with Crippen molar-refractivity contribution in [3.8, 4) is 0 Å². The highest BCUT2D eigenvalue weighted by Crippen LogP contribution is 2.09. The molecule has 5 aromatic rings. The molecule has 4 heteroatoms. The van der Waals surface area contributed by atoms with E-state index < -0.39 is 0 Å². The van der Waals surface area contributed by atoms with Gasteiger partial charge >= 0.3 is 0 Å². The molecule has 4 nitrogen and oxygen atoms in total. The van der Waals surface area contributed by atoms with Crippen LogP contribution in [0.4, 0.5) is 0 Å². The van der Waals surface area contributed by atoms with Crippen molar-refractivity contribution in [3.05, 3.63) is 180 Å². The summed E-state index contributed by atoms with van der Waals surface area (Å²) >= 11 is 0. The zero-order valence-corrected chi connectivity index (χ0v) is 39.9. The second-order valence-electron chi connectivity index (χ2n) is 9.77. The Kier molecular flexibility index (Phi) is 77.3. The molecule has 0 aromatic heterocycles. The topological polar surface area (TPSA) is 58.2 Å². The summed E-state index contributed by atoms with van der Waals surface area (Å²) in [5.41, 5.74) is 5.48. The van der Waals surface area contributed by atoms with Gasteiger partial charge in [-0.2, -0.15) is 0 Å². The molecule has 0 unspecified atom stereocenters. The van der Waals surface area contributed by atoms with E-state index in [0.717, 1.165) is 12.8 Å². The summed E-state index contributed by atoms with van der Waals surface area (Å²) in [6.45, 7) is 31.2. The Balaban J connectivity index is -0.000000105. The minimum Gasteiger partial charge on any atom is -0.359 e. The van der Waals surface area contributed by atoms with E-state index in [0.29, 0.717) is 0 Å². The van der Waals surface area contributed by atoms with E-state index in [2.05, 4.69) is 146 Å². The van der Waals surface area contributed by atoms with Crippen molar-refractivity contribution in [1.29, 1.82) is 0 Å². The molecule has 322 valence electrons. The van der Waals surface area contributed by atoms with E-state index in [1.165, 1.54) is 42.5 Å². The third-order valence-electron chi connectivity index (χ3n) is 5.56. The molecular weight excluding hydrogens is 697 g/mol. The molecule has 0 saturated heterocycles. The molecule has 0 atom stereocenters. The van der Waals surface area contributed by atoms with Gasteiger partial charge in [-0.3, -0.25) is 9.59 Å². The summed E-state index contributed by atoms with van der Waals surface area (Å²) in [6.07, 6.45) is 3.31. The quantitative estimate of drug-likeness (QED) is 0.191. The molecule has 0 aliphatic heterocycles. The summed E-state index contributed by atoms with van der Waals surface area (Å²) < 4.78 is 0. The van der Waals surface area contributed by atoms with Crippen molar-refractivity contribution in [3.63, 3.8) is 0 Å². The molecule has 0 spiro atoms. The fourth-order valence-corrected chi connectivity index (χ4v) is 3.24. The molecule has 0 aliphatic carbocycles. The lowest BCUT2D eigenvalue weighted by molar-refractivity contribution is -0.119. The van der Waals surface area contributed by atoms with Crippen LogP contribution in [0, 0.1) is 0 Å². The van der Waals surface area contributed by atoms with E-state index in [4.69, 9.17) is 0 Å². The van der Waals surface area contributed by atoms with Gasteiger partial charge in [0.1, 0.15) is 0 Å². The highest BCUT2D eigenvalue weighted by atomic mass is 16.1. The Morgan fingerprint density at radius 2 is 0.439 bits per heavy atom. The Bertz CT molecular complexity index is 1140. The van der Waals surface area contributed by atoms with E-state index in [-0.39, 0.29) is 11.8 Å². The predicted molar refractivity (Wildman–Crippen MR) is 261 cm³/mol. The molecule has 2 N–H and O–H groups in total. The standard InChI is InChI=1S/2C13H12.C6H6.2C3H7NO.C3H8.6C2H6/c2*1-3-7-12(8-4-1)11-13-9-5-2-6-10-13;1-2-4-6-5-3-1;2*1-3(5)4-2;1-3-2;6*1-2/h2*1-10H,11H2;1-6H;2*1-2H3,(H,4,5);3H2,1-2H3;6*1-2H3. The van der Waals surface area contributed by atoms with Crippen molar-refractivity contribution in [2.24, 2.45) is 0 Å². The van der Waals surface area contributed by atoms with Crippen LogP contribution in [-0.2, 0) is 22.4 Å². The first-order valence-corrected chi connectivity index (χ1v) is 21.4. The Labute approximate surface area is 355 Å². The second kappa shape index (κ2) is 65.9. The Morgan fingerprint density at radius 1 is 0.333 bits per heavy atom. The molecule has 5 rings (SSSR count). The molecular formula is C53H88N2O2. The maximum Gasteiger partial charge on any atom is 0.216 e. The van der Waals surface area contributed by atoms with Gasteiger partial charge in [-0.05, 0) is 35.1 Å². The second-order valence-corrected chi connectivity index (χ2v) is 9.77. The first kappa shape index (κ1) is 66.8. The van der Waals surface area contributed by atoms with E-state index >= 15 is 0 Å². The molecule has 0 heterocycles. The molecule has 0 aliphatic rings. The van der Waals surface area contributed by atoms with Gasteiger partial charge in [-0.1, -0.05) is 261 Å². The molecule has 57 heavy (non-hydrogen) atoms. The Hall–Kier alpha value is -4.96. The molecule has 0 radical (unpaired) electrons. The first-order valence-electron chi connectivity index (χ1n) is 21.4. The maximum absolute atomic E-state index is 9.70. The summed E-state index contributed by atoms with van der Waals surface area (Å²) in [6, 6.07) is 54.1. The summed E-state index contributed by atoms with van der Waals surface area (Å²) in [7, 11) is 3.20. The van der Waals surface area contributed by atoms with Crippen LogP contribution in [0.3, 0.4) is 0 Å². The fraction of sp³-hybridized carbons (Fsp3) is 0.396. The van der Waals surface area contributed by atoms with Crippen molar-refractivity contribution in [2.45, 2.75) is 130 Å². The van der Waals surface area contributed by atoms with Gasteiger partial charge in [0.05, 0.1) is 0 Å². The third-order valence-corrected chi connectivity index (χ3v) is 5.56. The lowest BCUT2D eigenvalue weighted by atomic mass is 10.1. The number of carbonyl (C=O) groups is 2. The van der Waals surface area contributed by atoms with E-state index in [1.807, 2.05) is 119 Å². The summed E-state index contributed by atoms with van der Waals surface area (Å²) in [5, 5.41) is 4.78. The SMILES string of the molecule is CC.CC.CC.CC.CC.CC.CCC.CNC(C)=O.CNC(C)=O.c1ccc(Cc2ccccc2)cc1.c1ccc(Cc2ccccc2)cc1.c1ccccc1. The van der Waals surface area contributed by atoms with Gasteiger partial charge in [0, 0.05) is 27.9 Å². The normalized spacial score (nSPS) is 7.47. The van der Waals surface area contributed by atoms with Crippen LogP contribution < -0.4 is 10.6 Å². The highest BCUT2D eigenvalue weighted by molar-refractivity contribution is 5.72. The number of carbonyl (C=O) groups excluding carboxylic acids is 2. The number of amides is 2. The average Bonchev–Trinajstić information content (AvgIpc) is 3.31. The van der Waals surface area contributed by atoms with Crippen LogP contribution >= 0.6 is 0 Å². The monoisotopic (exact) mass is 785 g/mol. The first-order chi connectivity index (χ1) is 27.9. The minimum atomic E-state index is 0.00463. The van der Waals surface area contributed by atoms with Crippen LogP contribution in [-0.4, -0.2) is 25.9 Å². The van der Waals surface area contributed by atoms with Crippen LogP contribution in [0.5, 0.6) is 0 Å². The van der Waals surface area contributed by atoms with Gasteiger partial charge in [0.2, 0.25) is 11.8 Å². The number of benzene rings is 5. The summed E-state index contributed by atoms with van der Waals surface area (Å²) in [5.74, 6) is 0.00926. The third kappa shape index (κ3) is 60.5. The van der Waals surface area contributed by atoms with E-state index in [9.17, 15) is 9.59 Å². The lowest BCUT2D eigenvalue weighted by Crippen LogP contribution is -2.11. The van der Waals surface area contributed by atoms with Crippen LogP contribution in [0.1, 0.15) is 139 Å². The largest absolute Gasteiger partial charge is 0.359 e. The highest BCUT2D eigenvalue weighted by Gasteiger charge is 1.93. The fourth-order valence-electron chi connectivity index (χ4n) is 3.24. The van der Waals surface area contributed by atoms with Crippen molar-refractivity contribution < 1.29 is 9.59 Å². The van der Waals surface area contributed by atoms with Crippen LogP contribution in [0.25, 0.3) is 0 Å². The van der Waals surface area contributed by atoms with Gasteiger partial charge in [-0.25, -0.2) is 0 Å². The van der Waals surface area contributed by atoms with Crippen molar-refractivity contribution >= 4 is 11.8 Å². The Morgan fingerprint density at radius 3 is 0.544 bits per heavy atom. The molecule has 0 fully saturated rings. The van der Waals surface area contributed by atoms with E-state index in [1.54, 1.807) is 14.1 Å².